The molecule has 0 saturated heterocycles. The Morgan fingerprint density at radius 3 is 1.05 bits per heavy atom. The Kier molecular flexibility index (Phi) is 7.88. The quantitative estimate of drug-likeness (QED) is 0.635. The molecule has 21 heavy (non-hydrogen) atoms. The molecule has 0 bridgehead atoms. The SMILES string of the molecule is N=S(=O)(O)c1ccccc1.N=S(=O)(O)c1ccccc1.[Li]. The molecule has 2 aromatic rings. The van der Waals surface area contributed by atoms with Crippen molar-refractivity contribution in [1.29, 1.82) is 9.56 Å². The Balaban J connectivity index is 0.000000364. The fourth-order valence-electron chi connectivity index (χ4n) is 1.21. The van der Waals surface area contributed by atoms with Gasteiger partial charge in [0.05, 0.1) is 9.79 Å². The Labute approximate surface area is 136 Å². The average Bonchev–Trinajstić information content (AvgIpc) is 2.40. The molecule has 0 fully saturated rings. The van der Waals surface area contributed by atoms with Crippen molar-refractivity contribution >= 4 is 38.9 Å². The summed E-state index contributed by atoms with van der Waals surface area (Å²) in [5, 5.41) is 0. The van der Waals surface area contributed by atoms with Crippen molar-refractivity contribution in [1.82, 2.24) is 0 Å². The molecule has 0 amide bonds. The van der Waals surface area contributed by atoms with Crippen molar-refractivity contribution in [3.05, 3.63) is 60.7 Å². The molecule has 2 rings (SSSR count). The van der Waals surface area contributed by atoms with E-state index in [9.17, 15) is 8.42 Å². The fraction of sp³-hybridized carbons (Fsp3) is 0. The predicted molar refractivity (Wildman–Crippen MR) is 82.2 cm³/mol. The number of rotatable bonds is 2. The molecular weight excluding hydrogens is 307 g/mol. The van der Waals surface area contributed by atoms with Gasteiger partial charge in [-0.05, 0) is 24.3 Å². The van der Waals surface area contributed by atoms with Crippen LogP contribution >= 0.6 is 0 Å². The first-order valence-electron chi connectivity index (χ1n) is 5.34. The minimum absolute atomic E-state index is 0. The summed E-state index contributed by atoms with van der Waals surface area (Å²) >= 11 is 0. The molecule has 109 valence electrons. The van der Waals surface area contributed by atoms with Crippen LogP contribution in [0.4, 0.5) is 0 Å². The summed E-state index contributed by atoms with van der Waals surface area (Å²) in [6.07, 6.45) is 0. The van der Waals surface area contributed by atoms with E-state index in [-0.39, 0.29) is 28.7 Å². The summed E-state index contributed by atoms with van der Waals surface area (Å²) in [5.41, 5.74) is 0. The third-order valence-electron chi connectivity index (χ3n) is 2.13. The molecule has 0 aliphatic carbocycles. The van der Waals surface area contributed by atoms with Gasteiger partial charge in [0, 0.05) is 18.9 Å². The predicted octanol–water partition coefficient (Wildman–Crippen LogP) is 2.75. The van der Waals surface area contributed by atoms with Crippen LogP contribution in [0.1, 0.15) is 0 Å². The molecule has 0 aliphatic heterocycles. The zero-order valence-electron chi connectivity index (χ0n) is 11.3. The Morgan fingerprint density at radius 2 is 0.905 bits per heavy atom. The van der Waals surface area contributed by atoms with Crippen LogP contribution in [-0.2, 0) is 20.0 Å². The van der Waals surface area contributed by atoms with E-state index in [0.29, 0.717) is 0 Å². The summed E-state index contributed by atoms with van der Waals surface area (Å²) in [6.45, 7) is 0. The first-order valence-corrected chi connectivity index (χ1v) is 8.37. The van der Waals surface area contributed by atoms with Crippen LogP contribution in [0, 0.1) is 9.56 Å². The summed E-state index contributed by atoms with van der Waals surface area (Å²) in [7, 11) is -7.01. The van der Waals surface area contributed by atoms with E-state index in [4.69, 9.17) is 18.7 Å². The standard InChI is InChI=1S/2C6H7NO2S.Li/c2*7-10(8,9)6-4-2-1-3-5-6;/h2*1-5H,(H2,7,8,9);. The van der Waals surface area contributed by atoms with E-state index in [1.807, 2.05) is 0 Å². The van der Waals surface area contributed by atoms with Gasteiger partial charge in [0.1, 0.15) is 0 Å². The Bertz CT molecular complexity index is 681. The van der Waals surface area contributed by atoms with Crippen molar-refractivity contribution in [3.63, 3.8) is 0 Å². The van der Waals surface area contributed by atoms with Crippen LogP contribution in [0.15, 0.2) is 70.5 Å². The van der Waals surface area contributed by atoms with Crippen LogP contribution in [-0.4, -0.2) is 36.4 Å². The smallest absolute Gasteiger partial charge is 0.188 e. The maximum absolute atomic E-state index is 10.6. The summed E-state index contributed by atoms with van der Waals surface area (Å²) in [6, 6.07) is 15.8. The molecule has 9 heteroatoms. The van der Waals surface area contributed by atoms with Gasteiger partial charge in [-0.2, -0.15) is 0 Å². The molecule has 1 radical (unpaired) electrons. The van der Waals surface area contributed by atoms with Gasteiger partial charge in [-0.15, -0.1) is 0 Å². The molecule has 4 N–H and O–H groups in total. The molecule has 0 spiro atoms. The fourth-order valence-corrected chi connectivity index (χ4v) is 2.26. The minimum Gasteiger partial charge on any atom is -0.297 e. The van der Waals surface area contributed by atoms with Gasteiger partial charge < -0.3 is 0 Å². The second kappa shape index (κ2) is 8.34. The van der Waals surface area contributed by atoms with Crippen molar-refractivity contribution in [2.45, 2.75) is 9.79 Å². The molecule has 0 saturated carbocycles. The molecule has 6 nitrogen and oxygen atoms in total. The summed E-state index contributed by atoms with van der Waals surface area (Å²) in [4.78, 5) is 0.296. The normalized spacial score (nSPS) is 15.3. The van der Waals surface area contributed by atoms with E-state index < -0.39 is 20.0 Å². The van der Waals surface area contributed by atoms with Gasteiger partial charge in [-0.3, -0.25) is 9.11 Å². The minimum atomic E-state index is -3.50. The second-order valence-corrected chi connectivity index (χ2v) is 6.72. The largest absolute Gasteiger partial charge is 0.297 e. The van der Waals surface area contributed by atoms with Gasteiger partial charge in [0.2, 0.25) is 0 Å². The van der Waals surface area contributed by atoms with Gasteiger partial charge in [-0.1, -0.05) is 36.4 Å². The number of hydrogen-bond donors (Lipinski definition) is 4. The molecule has 0 aromatic heterocycles. The zero-order chi connectivity index (χ0) is 15.2. The molecule has 0 heterocycles. The summed E-state index contributed by atoms with van der Waals surface area (Å²) in [5.74, 6) is 0. The molecule has 2 unspecified atom stereocenters. The maximum Gasteiger partial charge on any atom is 0.188 e. The Hall–Kier alpha value is -1.14. The monoisotopic (exact) mass is 321 g/mol. The van der Waals surface area contributed by atoms with Crippen LogP contribution in [0.25, 0.3) is 0 Å². The van der Waals surface area contributed by atoms with E-state index in [1.54, 1.807) is 36.4 Å². The number of hydrogen-bond acceptors (Lipinski definition) is 4. The topological polar surface area (TPSA) is 122 Å². The van der Waals surface area contributed by atoms with Gasteiger partial charge >= 0.3 is 0 Å². The maximum atomic E-state index is 10.6. The van der Waals surface area contributed by atoms with E-state index in [1.165, 1.54) is 24.3 Å². The van der Waals surface area contributed by atoms with Crippen LogP contribution in [0.3, 0.4) is 0 Å². The Morgan fingerprint density at radius 1 is 0.667 bits per heavy atom. The molecular formula is C12H14LiN2O4S2. The van der Waals surface area contributed by atoms with Crippen molar-refractivity contribution in [2.24, 2.45) is 0 Å². The first-order chi connectivity index (χ1) is 9.21. The number of nitrogens with one attached hydrogen (secondary N) is 2. The molecule has 2 aromatic carbocycles. The average molecular weight is 321 g/mol. The van der Waals surface area contributed by atoms with Crippen molar-refractivity contribution < 1.29 is 17.5 Å². The van der Waals surface area contributed by atoms with Gasteiger partial charge in [0.15, 0.2) is 20.0 Å². The van der Waals surface area contributed by atoms with E-state index in [2.05, 4.69) is 0 Å². The molecule has 0 aliphatic rings. The van der Waals surface area contributed by atoms with Gasteiger partial charge in [0.25, 0.3) is 0 Å². The molecule has 2 atom stereocenters. The third kappa shape index (κ3) is 7.43. The van der Waals surface area contributed by atoms with E-state index in [0.717, 1.165) is 0 Å². The van der Waals surface area contributed by atoms with Crippen molar-refractivity contribution in [2.75, 3.05) is 0 Å². The van der Waals surface area contributed by atoms with E-state index >= 15 is 0 Å². The van der Waals surface area contributed by atoms with Crippen LogP contribution in [0.2, 0.25) is 0 Å². The zero-order valence-corrected chi connectivity index (χ0v) is 12.9. The second-order valence-electron chi connectivity index (χ2n) is 3.68. The van der Waals surface area contributed by atoms with Crippen molar-refractivity contribution in [3.8, 4) is 0 Å². The third-order valence-corrected chi connectivity index (χ3v) is 3.95. The first kappa shape index (κ1) is 19.9. The van der Waals surface area contributed by atoms with Crippen LogP contribution in [0.5, 0.6) is 0 Å². The van der Waals surface area contributed by atoms with Crippen LogP contribution < -0.4 is 0 Å². The van der Waals surface area contributed by atoms with Gasteiger partial charge in [-0.25, -0.2) is 18.0 Å². The summed E-state index contributed by atoms with van der Waals surface area (Å²) < 4.78 is 52.1. The number of benzene rings is 2.